The van der Waals surface area contributed by atoms with Crippen LogP contribution in [0, 0.1) is 0 Å². The van der Waals surface area contributed by atoms with Crippen LogP contribution in [0.1, 0.15) is 27.6 Å². The molecule has 1 aliphatic heterocycles. The van der Waals surface area contributed by atoms with Crippen molar-refractivity contribution in [1.82, 2.24) is 5.32 Å². The summed E-state index contributed by atoms with van der Waals surface area (Å²) in [4.78, 5) is 23.6. The Hall–Kier alpha value is -1.29. The van der Waals surface area contributed by atoms with E-state index in [4.69, 9.17) is 0 Å². The summed E-state index contributed by atoms with van der Waals surface area (Å²) in [6.07, 6.45) is 0. The molecule has 4 heteroatoms. The van der Waals surface area contributed by atoms with Crippen molar-refractivity contribution in [2.45, 2.75) is 11.8 Å². The summed E-state index contributed by atoms with van der Waals surface area (Å²) in [7, 11) is 0. The van der Waals surface area contributed by atoms with Crippen molar-refractivity contribution >= 4 is 23.6 Å². The summed E-state index contributed by atoms with van der Waals surface area (Å²) >= 11 is 1.57. The molecule has 2 amide bonds. The molecular weight excluding hydrogens is 198 g/mol. The lowest BCUT2D eigenvalue weighted by atomic mass is 10.1. The lowest BCUT2D eigenvalue weighted by Gasteiger charge is -2.02. The van der Waals surface area contributed by atoms with E-state index in [1.54, 1.807) is 23.9 Å². The zero-order valence-electron chi connectivity index (χ0n) is 7.66. The Morgan fingerprint density at radius 3 is 2.79 bits per heavy atom. The molecule has 1 aromatic carbocycles. The van der Waals surface area contributed by atoms with Gasteiger partial charge in [0.2, 0.25) is 0 Å². The summed E-state index contributed by atoms with van der Waals surface area (Å²) < 4.78 is 0. The molecule has 1 aromatic rings. The minimum absolute atomic E-state index is 0.276. The van der Waals surface area contributed by atoms with Crippen LogP contribution in [0.3, 0.4) is 0 Å². The molecule has 0 aliphatic carbocycles. The maximum absolute atomic E-state index is 11.4. The first-order chi connectivity index (χ1) is 6.74. The van der Waals surface area contributed by atoms with Gasteiger partial charge in [-0.1, -0.05) is 13.0 Å². The normalized spacial score (nSPS) is 14.1. The van der Waals surface area contributed by atoms with Crippen LogP contribution in [0.4, 0.5) is 0 Å². The first-order valence-electron chi connectivity index (χ1n) is 4.35. The summed E-state index contributed by atoms with van der Waals surface area (Å²) in [6, 6.07) is 5.34. The van der Waals surface area contributed by atoms with Gasteiger partial charge in [0.1, 0.15) is 0 Å². The van der Waals surface area contributed by atoms with Crippen molar-refractivity contribution in [1.29, 1.82) is 0 Å². The lowest BCUT2D eigenvalue weighted by molar-refractivity contribution is 0.0879. The second kappa shape index (κ2) is 3.46. The van der Waals surface area contributed by atoms with Gasteiger partial charge in [0.15, 0.2) is 0 Å². The molecule has 0 unspecified atom stereocenters. The Morgan fingerprint density at radius 2 is 2.07 bits per heavy atom. The summed E-state index contributed by atoms with van der Waals surface area (Å²) in [5, 5.41) is 2.29. The Kier molecular flexibility index (Phi) is 2.29. The minimum Gasteiger partial charge on any atom is -0.288 e. The van der Waals surface area contributed by atoms with Crippen LogP contribution in [-0.2, 0) is 0 Å². The van der Waals surface area contributed by atoms with E-state index in [1.807, 2.05) is 13.0 Å². The van der Waals surface area contributed by atoms with Gasteiger partial charge in [0.25, 0.3) is 11.8 Å². The zero-order valence-corrected chi connectivity index (χ0v) is 8.48. The fraction of sp³-hybridized carbons (Fsp3) is 0.200. The molecule has 0 saturated carbocycles. The first-order valence-corrected chi connectivity index (χ1v) is 5.34. The molecule has 0 fully saturated rings. The first kappa shape index (κ1) is 9.27. The van der Waals surface area contributed by atoms with E-state index in [2.05, 4.69) is 5.32 Å². The monoisotopic (exact) mass is 207 g/mol. The van der Waals surface area contributed by atoms with Crippen molar-refractivity contribution in [3.63, 3.8) is 0 Å². The molecule has 2 rings (SSSR count). The maximum Gasteiger partial charge on any atom is 0.260 e. The van der Waals surface area contributed by atoms with Crippen LogP contribution in [0.2, 0.25) is 0 Å². The van der Waals surface area contributed by atoms with Crippen LogP contribution in [-0.4, -0.2) is 17.6 Å². The number of hydrogen-bond donors (Lipinski definition) is 1. The number of fused-ring (bicyclic) bond motifs is 1. The third-order valence-electron chi connectivity index (χ3n) is 2.02. The molecular formula is C10H9NO2S. The number of hydrogen-bond acceptors (Lipinski definition) is 3. The molecule has 14 heavy (non-hydrogen) atoms. The fourth-order valence-electron chi connectivity index (χ4n) is 1.46. The molecule has 72 valence electrons. The van der Waals surface area contributed by atoms with Gasteiger partial charge in [-0.05, 0) is 17.9 Å². The molecule has 1 heterocycles. The third kappa shape index (κ3) is 1.32. The van der Waals surface area contributed by atoms with Crippen LogP contribution in [0.15, 0.2) is 23.1 Å². The van der Waals surface area contributed by atoms with Crippen LogP contribution in [0.25, 0.3) is 0 Å². The molecule has 3 nitrogen and oxygen atoms in total. The number of thioether (sulfide) groups is 1. The van der Waals surface area contributed by atoms with Gasteiger partial charge < -0.3 is 0 Å². The minimum atomic E-state index is -0.288. The van der Waals surface area contributed by atoms with E-state index in [0.717, 1.165) is 10.6 Å². The van der Waals surface area contributed by atoms with Crippen LogP contribution in [0.5, 0.6) is 0 Å². The number of imide groups is 1. The number of nitrogens with one attached hydrogen (secondary N) is 1. The van der Waals surface area contributed by atoms with E-state index < -0.39 is 0 Å². The Morgan fingerprint density at radius 1 is 1.29 bits per heavy atom. The van der Waals surface area contributed by atoms with E-state index in [0.29, 0.717) is 11.1 Å². The van der Waals surface area contributed by atoms with Crippen molar-refractivity contribution in [2.24, 2.45) is 0 Å². The molecule has 0 atom stereocenters. The highest BCUT2D eigenvalue weighted by molar-refractivity contribution is 7.99. The highest BCUT2D eigenvalue weighted by Gasteiger charge is 2.28. The molecule has 0 radical (unpaired) electrons. The number of amides is 2. The molecule has 1 N–H and O–H groups in total. The topological polar surface area (TPSA) is 46.2 Å². The molecule has 0 saturated heterocycles. The smallest absolute Gasteiger partial charge is 0.260 e. The van der Waals surface area contributed by atoms with E-state index in [-0.39, 0.29) is 11.8 Å². The summed E-state index contributed by atoms with van der Waals surface area (Å²) in [6.45, 7) is 2.01. The molecule has 0 spiro atoms. The van der Waals surface area contributed by atoms with Crippen molar-refractivity contribution in [3.8, 4) is 0 Å². The Balaban J connectivity index is 2.56. The fourth-order valence-corrected chi connectivity index (χ4v) is 2.30. The number of benzene rings is 1. The number of carbonyl (C=O) groups excluding carboxylic acids is 2. The molecule has 0 bridgehead atoms. The molecule has 0 aromatic heterocycles. The average molecular weight is 207 g/mol. The van der Waals surface area contributed by atoms with Crippen LogP contribution >= 0.6 is 11.8 Å². The van der Waals surface area contributed by atoms with Crippen molar-refractivity contribution < 1.29 is 9.59 Å². The highest BCUT2D eigenvalue weighted by Crippen LogP contribution is 2.27. The number of carbonyl (C=O) groups is 2. The van der Waals surface area contributed by atoms with Crippen molar-refractivity contribution in [2.75, 3.05) is 5.75 Å². The second-order valence-electron chi connectivity index (χ2n) is 2.89. The van der Waals surface area contributed by atoms with Crippen molar-refractivity contribution in [3.05, 3.63) is 29.3 Å². The second-order valence-corrected chi connectivity index (χ2v) is 4.20. The van der Waals surface area contributed by atoms with Gasteiger partial charge in [0.05, 0.1) is 11.1 Å². The van der Waals surface area contributed by atoms with Gasteiger partial charge in [-0.2, -0.15) is 0 Å². The summed E-state index contributed by atoms with van der Waals surface area (Å²) in [5.41, 5.74) is 1.03. The summed E-state index contributed by atoms with van der Waals surface area (Å²) in [5.74, 6) is 0.322. The SMILES string of the molecule is CCSc1cccc2c1C(=O)NC2=O. The largest absolute Gasteiger partial charge is 0.288 e. The Bertz CT molecular complexity index is 415. The quantitative estimate of drug-likeness (QED) is 0.593. The maximum atomic E-state index is 11.4. The highest BCUT2D eigenvalue weighted by atomic mass is 32.2. The van der Waals surface area contributed by atoms with E-state index in [9.17, 15) is 9.59 Å². The zero-order chi connectivity index (χ0) is 10.1. The predicted octanol–water partition coefficient (Wildman–Crippen LogP) is 1.68. The van der Waals surface area contributed by atoms with Crippen LogP contribution < -0.4 is 5.32 Å². The lowest BCUT2D eigenvalue weighted by Crippen LogP contribution is -2.20. The van der Waals surface area contributed by atoms with E-state index in [1.165, 1.54) is 0 Å². The third-order valence-corrected chi connectivity index (χ3v) is 2.96. The average Bonchev–Trinajstić information content (AvgIpc) is 2.44. The standard InChI is InChI=1S/C10H9NO2S/c1-2-14-7-5-3-4-6-8(7)10(13)11-9(6)12/h3-5H,2H2,1H3,(H,11,12,13). The van der Waals surface area contributed by atoms with Gasteiger partial charge in [-0.15, -0.1) is 11.8 Å². The number of rotatable bonds is 2. The molecule has 1 aliphatic rings. The van der Waals surface area contributed by atoms with Gasteiger partial charge in [-0.25, -0.2) is 0 Å². The Labute approximate surface area is 85.9 Å². The van der Waals surface area contributed by atoms with Gasteiger partial charge >= 0.3 is 0 Å². The predicted molar refractivity (Wildman–Crippen MR) is 54.6 cm³/mol. The van der Waals surface area contributed by atoms with Gasteiger partial charge in [-0.3, -0.25) is 14.9 Å². The van der Waals surface area contributed by atoms with Gasteiger partial charge in [0, 0.05) is 4.90 Å². The van der Waals surface area contributed by atoms with E-state index >= 15 is 0 Å².